The molecular formula is C12H20N2O3S. The van der Waals surface area contributed by atoms with E-state index < -0.39 is 0 Å². The molecule has 6 heteroatoms. The van der Waals surface area contributed by atoms with Gasteiger partial charge in [0.15, 0.2) is 0 Å². The number of aliphatic hydroxyl groups is 1. The molecular weight excluding hydrogens is 252 g/mol. The lowest BCUT2D eigenvalue weighted by Gasteiger charge is -2.05. The quantitative estimate of drug-likeness (QED) is 0.687. The van der Waals surface area contributed by atoms with Gasteiger partial charge in [0.25, 0.3) is 0 Å². The van der Waals surface area contributed by atoms with Crippen molar-refractivity contribution in [2.24, 2.45) is 0 Å². The van der Waals surface area contributed by atoms with Crippen LogP contribution in [0.1, 0.15) is 22.0 Å². The summed E-state index contributed by atoms with van der Waals surface area (Å²) in [6.45, 7) is 5.45. The molecule has 0 radical (unpaired) electrons. The minimum Gasteiger partial charge on any atom is -0.394 e. The van der Waals surface area contributed by atoms with Gasteiger partial charge in [-0.25, -0.2) is 4.98 Å². The van der Waals surface area contributed by atoms with Crippen LogP contribution in [0, 0.1) is 13.8 Å². The van der Waals surface area contributed by atoms with Gasteiger partial charge in [-0.2, -0.15) is 0 Å². The van der Waals surface area contributed by atoms with Crippen molar-refractivity contribution in [2.75, 3.05) is 26.4 Å². The van der Waals surface area contributed by atoms with Crippen molar-refractivity contribution in [2.45, 2.75) is 26.7 Å². The zero-order valence-corrected chi connectivity index (χ0v) is 11.7. The predicted octanol–water partition coefficient (Wildman–Crippen LogP) is 0.818. The molecule has 0 unspecified atom stereocenters. The zero-order chi connectivity index (χ0) is 13.4. The van der Waals surface area contributed by atoms with Gasteiger partial charge in [-0.1, -0.05) is 0 Å². The summed E-state index contributed by atoms with van der Waals surface area (Å²) in [5.41, 5.74) is 0.867. The van der Waals surface area contributed by atoms with Gasteiger partial charge in [-0.05, 0) is 20.3 Å². The largest absolute Gasteiger partial charge is 0.394 e. The number of ether oxygens (including phenoxy) is 1. The third kappa shape index (κ3) is 5.57. The minimum absolute atomic E-state index is 0.00874. The second kappa shape index (κ2) is 8.18. The molecule has 2 N–H and O–H groups in total. The molecule has 1 rings (SSSR count). The highest BCUT2D eigenvalue weighted by Gasteiger charge is 2.09. The molecule has 1 aromatic rings. The van der Waals surface area contributed by atoms with Gasteiger partial charge >= 0.3 is 0 Å². The number of aryl methyl sites for hydroxylation is 2. The summed E-state index contributed by atoms with van der Waals surface area (Å²) in [6, 6.07) is 0. The molecule has 102 valence electrons. The van der Waals surface area contributed by atoms with Gasteiger partial charge in [-0.3, -0.25) is 4.79 Å². The standard InChI is InChI=1S/C12H20N2O3S/c1-9-11(14-10(2)18-9)8-12(16)13-4-3-6-17-7-5-15/h15H,3-8H2,1-2H3,(H,13,16). The number of aliphatic hydroxyl groups excluding tert-OH is 1. The first-order valence-electron chi connectivity index (χ1n) is 6.01. The summed E-state index contributed by atoms with van der Waals surface area (Å²) >= 11 is 1.61. The van der Waals surface area contributed by atoms with Crippen LogP contribution < -0.4 is 5.32 Å². The zero-order valence-electron chi connectivity index (χ0n) is 10.9. The van der Waals surface area contributed by atoms with E-state index in [-0.39, 0.29) is 12.5 Å². The Morgan fingerprint density at radius 3 is 2.83 bits per heavy atom. The van der Waals surface area contributed by atoms with E-state index >= 15 is 0 Å². The number of carbonyl (C=O) groups excluding carboxylic acids is 1. The summed E-state index contributed by atoms with van der Waals surface area (Å²) in [5.74, 6) is -0.00874. The summed E-state index contributed by atoms with van der Waals surface area (Å²) in [4.78, 5) is 17.1. The molecule has 5 nitrogen and oxygen atoms in total. The van der Waals surface area contributed by atoms with E-state index in [1.807, 2.05) is 13.8 Å². The highest BCUT2D eigenvalue weighted by molar-refractivity contribution is 7.11. The molecule has 1 amide bonds. The van der Waals surface area contributed by atoms with Crippen molar-refractivity contribution in [1.82, 2.24) is 10.3 Å². The normalized spacial score (nSPS) is 10.6. The van der Waals surface area contributed by atoms with Crippen LogP contribution in [0.2, 0.25) is 0 Å². The van der Waals surface area contributed by atoms with E-state index in [0.717, 1.165) is 22.0 Å². The number of rotatable bonds is 8. The first kappa shape index (κ1) is 15.1. The molecule has 0 aliphatic heterocycles. The van der Waals surface area contributed by atoms with Crippen LogP contribution in [-0.4, -0.2) is 42.4 Å². The van der Waals surface area contributed by atoms with E-state index in [1.165, 1.54) is 0 Å². The molecule has 0 atom stereocenters. The fourth-order valence-corrected chi connectivity index (χ4v) is 2.35. The van der Waals surface area contributed by atoms with Gasteiger partial charge in [0.05, 0.1) is 30.3 Å². The molecule has 0 spiro atoms. The Bertz CT molecular complexity index is 379. The van der Waals surface area contributed by atoms with Crippen LogP contribution in [-0.2, 0) is 16.0 Å². The van der Waals surface area contributed by atoms with E-state index in [9.17, 15) is 4.79 Å². The summed E-state index contributed by atoms with van der Waals surface area (Å²) in [6.07, 6.45) is 1.09. The van der Waals surface area contributed by atoms with Crippen LogP contribution >= 0.6 is 11.3 Å². The SMILES string of the molecule is Cc1nc(CC(=O)NCCCOCCO)c(C)s1. The van der Waals surface area contributed by atoms with Crippen molar-refractivity contribution < 1.29 is 14.6 Å². The number of hydrogen-bond donors (Lipinski definition) is 2. The van der Waals surface area contributed by atoms with Crippen LogP contribution in [0.3, 0.4) is 0 Å². The second-order valence-electron chi connectivity index (χ2n) is 3.95. The lowest BCUT2D eigenvalue weighted by atomic mass is 10.2. The smallest absolute Gasteiger partial charge is 0.226 e. The van der Waals surface area contributed by atoms with E-state index in [4.69, 9.17) is 9.84 Å². The third-order valence-corrected chi connectivity index (χ3v) is 3.28. The minimum atomic E-state index is -0.00874. The second-order valence-corrected chi connectivity index (χ2v) is 5.36. The van der Waals surface area contributed by atoms with Crippen molar-refractivity contribution in [3.63, 3.8) is 0 Å². The maximum Gasteiger partial charge on any atom is 0.226 e. The molecule has 0 aromatic carbocycles. The van der Waals surface area contributed by atoms with Crippen LogP contribution in [0.4, 0.5) is 0 Å². The molecule has 1 heterocycles. The Morgan fingerprint density at radius 1 is 1.44 bits per heavy atom. The first-order valence-corrected chi connectivity index (χ1v) is 6.83. The fourth-order valence-electron chi connectivity index (χ4n) is 1.52. The van der Waals surface area contributed by atoms with Gasteiger partial charge in [0, 0.05) is 18.0 Å². The number of thiazole rings is 1. The predicted molar refractivity (Wildman–Crippen MR) is 70.8 cm³/mol. The summed E-state index contributed by atoms with van der Waals surface area (Å²) < 4.78 is 5.09. The highest BCUT2D eigenvalue weighted by atomic mass is 32.1. The average Bonchev–Trinajstić information content (AvgIpc) is 2.62. The molecule has 0 aliphatic carbocycles. The Morgan fingerprint density at radius 2 is 2.22 bits per heavy atom. The molecule has 0 saturated heterocycles. The highest BCUT2D eigenvalue weighted by Crippen LogP contribution is 2.16. The molecule has 0 fully saturated rings. The van der Waals surface area contributed by atoms with Crippen LogP contribution in [0.25, 0.3) is 0 Å². The molecule has 1 aromatic heterocycles. The Balaban J connectivity index is 2.16. The third-order valence-electron chi connectivity index (χ3n) is 2.35. The van der Waals surface area contributed by atoms with E-state index in [0.29, 0.717) is 26.2 Å². The van der Waals surface area contributed by atoms with Gasteiger partial charge < -0.3 is 15.2 Å². The summed E-state index contributed by atoms with van der Waals surface area (Å²) in [5, 5.41) is 12.3. The molecule has 0 bridgehead atoms. The maximum atomic E-state index is 11.6. The van der Waals surface area contributed by atoms with Gasteiger partial charge in [0.2, 0.25) is 5.91 Å². The van der Waals surface area contributed by atoms with Crippen LogP contribution in [0.15, 0.2) is 0 Å². The number of nitrogens with one attached hydrogen (secondary N) is 1. The summed E-state index contributed by atoms with van der Waals surface area (Å²) in [7, 11) is 0. The van der Waals surface area contributed by atoms with Crippen molar-refractivity contribution in [1.29, 1.82) is 0 Å². The van der Waals surface area contributed by atoms with Gasteiger partial charge in [0.1, 0.15) is 0 Å². The maximum absolute atomic E-state index is 11.6. The number of amides is 1. The Labute approximate surface area is 111 Å². The number of carbonyl (C=O) groups is 1. The number of nitrogens with zero attached hydrogens (tertiary/aromatic N) is 1. The van der Waals surface area contributed by atoms with Crippen molar-refractivity contribution in [3.8, 4) is 0 Å². The number of hydrogen-bond acceptors (Lipinski definition) is 5. The Hall–Kier alpha value is -0.980. The lowest BCUT2D eigenvalue weighted by Crippen LogP contribution is -2.27. The van der Waals surface area contributed by atoms with Crippen LogP contribution in [0.5, 0.6) is 0 Å². The van der Waals surface area contributed by atoms with Crippen molar-refractivity contribution >= 4 is 17.2 Å². The lowest BCUT2D eigenvalue weighted by molar-refractivity contribution is -0.120. The first-order chi connectivity index (χ1) is 8.63. The van der Waals surface area contributed by atoms with E-state index in [1.54, 1.807) is 11.3 Å². The average molecular weight is 272 g/mol. The van der Waals surface area contributed by atoms with Gasteiger partial charge in [-0.15, -0.1) is 11.3 Å². The number of aromatic nitrogens is 1. The molecule has 0 saturated carbocycles. The fraction of sp³-hybridized carbons (Fsp3) is 0.667. The topological polar surface area (TPSA) is 71.5 Å². The molecule has 0 aliphatic rings. The Kier molecular flexibility index (Phi) is 6.85. The van der Waals surface area contributed by atoms with Crippen molar-refractivity contribution in [3.05, 3.63) is 15.6 Å². The van der Waals surface area contributed by atoms with E-state index in [2.05, 4.69) is 10.3 Å². The monoisotopic (exact) mass is 272 g/mol. The molecule has 18 heavy (non-hydrogen) atoms.